The molecule has 0 radical (unpaired) electrons. The molecule has 0 aliphatic carbocycles. The topological polar surface area (TPSA) is 84.9 Å². The predicted octanol–water partition coefficient (Wildman–Crippen LogP) is 0.285. The zero-order valence-corrected chi connectivity index (χ0v) is 14.4. The first-order valence-corrected chi connectivity index (χ1v) is 8.88. The Bertz CT molecular complexity index is 622. The molecule has 0 aromatic heterocycles. The Morgan fingerprint density at radius 3 is 2.80 bits per heavy atom. The zero-order chi connectivity index (χ0) is 17.6. The highest BCUT2D eigenvalue weighted by atomic mass is 16.3. The molecule has 7 nitrogen and oxygen atoms in total. The first-order chi connectivity index (χ1) is 12.1. The highest BCUT2D eigenvalue weighted by Gasteiger charge is 2.21. The summed E-state index contributed by atoms with van der Waals surface area (Å²) in [5, 5.41) is 15.4. The number of benzene rings is 1. The molecule has 136 valence electrons. The second-order valence-corrected chi connectivity index (χ2v) is 6.69. The van der Waals surface area contributed by atoms with Crippen molar-refractivity contribution in [3.63, 3.8) is 0 Å². The summed E-state index contributed by atoms with van der Waals surface area (Å²) in [6, 6.07) is 7.93. The van der Waals surface area contributed by atoms with Crippen LogP contribution >= 0.6 is 0 Å². The van der Waals surface area contributed by atoms with Gasteiger partial charge in [-0.1, -0.05) is 24.3 Å². The van der Waals surface area contributed by atoms with E-state index in [1.165, 1.54) is 5.56 Å². The van der Waals surface area contributed by atoms with E-state index in [1.807, 2.05) is 18.2 Å². The number of aliphatic hydroxyl groups is 1. The van der Waals surface area contributed by atoms with E-state index in [4.69, 9.17) is 0 Å². The standard InChI is InChI=1S/C18H26N4O3/c23-16-5-8-21(13-16)12-15-4-2-1-3-14(15)11-20-18(25)22-9-6-17(24)19-7-10-22/h1-4,16,23H,5-13H2,(H,19,24)(H,20,25)/t16-/m0/s1. The average molecular weight is 346 g/mol. The third kappa shape index (κ3) is 4.93. The second-order valence-electron chi connectivity index (χ2n) is 6.69. The lowest BCUT2D eigenvalue weighted by Crippen LogP contribution is -2.41. The van der Waals surface area contributed by atoms with Gasteiger partial charge in [0.1, 0.15) is 0 Å². The van der Waals surface area contributed by atoms with E-state index < -0.39 is 0 Å². The number of carbonyl (C=O) groups is 2. The van der Waals surface area contributed by atoms with Crippen LogP contribution in [-0.2, 0) is 17.9 Å². The van der Waals surface area contributed by atoms with Crippen LogP contribution in [0.1, 0.15) is 24.0 Å². The molecule has 0 unspecified atom stereocenters. The van der Waals surface area contributed by atoms with Gasteiger partial charge in [-0.05, 0) is 17.5 Å². The van der Waals surface area contributed by atoms with Crippen molar-refractivity contribution < 1.29 is 14.7 Å². The minimum absolute atomic E-state index is 0.00607. The lowest BCUT2D eigenvalue weighted by molar-refractivity contribution is -0.120. The molecule has 0 spiro atoms. The third-order valence-corrected chi connectivity index (χ3v) is 4.79. The molecule has 0 bridgehead atoms. The Morgan fingerprint density at radius 2 is 2.04 bits per heavy atom. The highest BCUT2D eigenvalue weighted by molar-refractivity contribution is 5.79. The second kappa shape index (κ2) is 8.31. The number of hydrogen-bond donors (Lipinski definition) is 3. The summed E-state index contributed by atoms with van der Waals surface area (Å²) in [5.74, 6) is -0.00607. The summed E-state index contributed by atoms with van der Waals surface area (Å²) >= 11 is 0. The Kier molecular flexibility index (Phi) is 5.88. The van der Waals surface area contributed by atoms with E-state index >= 15 is 0 Å². The molecule has 25 heavy (non-hydrogen) atoms. The number of aliphatic hydroxyl groups excluding tert-OH is 1. The van der Waals surface area contributed by atoms with Crippen LogP contribution in [0.2, 0.25) is 0 Å². The molecular weight excluding hydrogens is 320 g/mol. The van der Waals surface area contributed by atoms with Gasteiger partial charge >= 0.3 is 6.03 Å². The molecule has 7 heteroatoms. The van der Waals surface area contributed by atoms with E-state index in [0.717, 1.165) is 25.1 Å². The van der Waals surface area contributed by atoms with Gasteiger partial charge in [-0.25, -0.2) is 4.79 Å². The van der Waals surface area contributed by atoms with Crippen LogP contribution in [-0.4, -0.2) is 65.7 Å². The van der Waals surface area contributed by atoms with Gasteiger partial charge in [0.25, 0.3) is 0 Å². The van der Waals surface area contributed by atoms with Crippen molar-refractivity contribution in [2.24, 2.45) is 0 Å². The summed E-state index contributed by atoms with van der Waals surface area (Å²) in [7, 11) is 0. The van der Waals surface area contributed by atoms with Crippen molar-refractivity contribution in [1.29, 1.82) is 0 Å². The van der Waals surface area contributed by atoms with E-state index in [0.29, 0.717) is 39.1 Å². The monoisotopic (exact) mass is 346 g/mol. The molecule has 1 aromatic carbocycles. The van der Waals surface area contributed by atoms with Gasteiger partial charge < -0.3 is 20.6 Å². The molecular formula is C18H26N4O3. The van der Waals surface area contributed by atoms with Crippen LogP contribution in [0.5, 0.6) is 0 Å². The van der Waals surface area contributed by atoms with E-state index in [-0.39, 0.29) is 18.0 Å². The molecule has 2 aliphatic heterocycles. The zero-order valence-electron chi connectivity index (χ0n) is 14.4. The number of urea groups is 1. The SMILES string of the molecule is O=C1CCN(C(=O)NCc2ccccc2CN2CC[C@H](O)C2)CCN1. The van der Waals surface area contributed by atoms with Gasteiger partial charge in [0.15, 0.2) is 0 Å². The molecule has 0 saturated carbocycles. The molecule has 3 amide bonds. The van der Waals surface area contributed by atoms with Crippen LogP contribution < -0.4 is 10.6 Å². The first kappa shape index (κ1) is 17.7. The van der Waals surface area contributed by atoms with Crippen LogP contribution in [0.3, 0.4) is 0 Å². The van der Waals surface area contributed by atoms with Crippen molar-refractivity contribution in [3.8, 4) is 0 Å². The van der Waals surface area contributed by atoms with Crippen molar-refractivity contribution in [2.75, 3.05) is 32.7 Å². The molecule has 1 aromatic rings. The first-order valence-electron chi connectivity index (χ1n) is 8.88. The van der Waals surface area contributed by atoms with Gasteiger partial charge in [0.05, 0.1) is 6.10 Å². The Labute approximate surface area is 148 Å². The summed E-state index contributed by atoms with van der Waals surface area (Å²) in [4.78, 5) is 27.6. The number of β-amino-alcohol motifs (C(OH)–C–C–N with tert-alkyl or cyclic N) is 1. The van der Waals surface area contributed by atoms with Crippen LogP contribution in [0.15, 0.2) is 24.3 Å². The Balaban J connectivity index is 1.55. The smallest absolute Gasteiger partial charge is 0.317 e. The Morgan fingerprint density at radius 1 is 1.24 bits per heavy atom. The van der Waals surface area contributed by atoms with Crippen LogP contribution in [0.4, 0.5) is 4.79 Å². The highest BCUT2D eigenvalue weighted by Crippen LogP contribution is 2.16. The molecule has 2 heterocycles. The fourth-order valence-electron chi connectivity index (χ4n) is 3.33. The maximum Gasteiger partial charge on any atom is 0.317 e. The number of carbonyl (C=O) groups excluding carboxylic acids is 2. The van der Waals surface area contributed by atoms with E-state index in [2.05, 4.69) is 21.6 Å². The maximum absolute atomic E-state index is 12.4. The molecule has 3 rings (SSSR count). The maximum atomic E-state index is 12.4. The normalized spacial score (nSPS) is 21.7. The number of nitrogens with zero attached hydrogens (tertiary/aromatic N) is 2. The minimum Gasteiger partial charge on any atom is -0.392 e. The van der Waals surface area contributed by atoms with E-state index in [9.17, 15) is 14.7 Å². The number of nitrogens with one attached hydrogen (secondary N) is 2. The average Bonchev–Trinajstić information content (AvgIpc) is 2.88. The molecule has 2 saturated heterocycles. The summed E-state index contributed by atoms with van der Waals surface area (Å²) < 4.78 is 0. The van der Waals surface area contributed by atoms with Crippen molar-refractivity contribution in [3.05, 3.63) is 35.4 Å². The number of rotatable bonds is 4. The van der Waals surface area contributed by atoms with Crippen LogP contribution in [0.25, 0.3) is 0 Å². The summed E-state index contributed by atoms with van der Waals surface area (Å²) in [5.41, 5.74) is 2.26. The van der Waals surface area contributed by atoms with Gasteiger partial charge in [0.2, 0.25) is 5.91 Å². The van der Waals surface area contributed by atoms with Gasteiger partial charge in [-0.15, -0.1) is 0 Å². The molecule has 2 aliphatic rings. The Hall–Kier alpha value is -2.12. The van der Waals surface area contributed by atoms with Crippen molar-refractivity contribution in [2.45, 2.75) is 32.0 Å². The van der Waals surface area contributed by atoms with E-state index in [1.54, 1.807) is 4.90 Å². The van der Waals surface area contributed by atoms with Gasteiger partial charge in [-0.3, -0.25) is 9.69 Å². The fraction of sp³-hybridized carbons (Fsp3) is 0.556. The number of hydrogen-bond acceptors (Lipinski definition) is 4. The molecule has 1 atom stereocenters. The van der Waals surface area contributed by atoms with Crippen LogP contribution in [0, 0.1) is 0 Å². The predicted molar refractivity (Wildman–Crippen MR) is 93.8 cm³/mol. The summed E-state index contributed by atoms with van der Waals surface area (Å²) in [6.45, 7) is 4.33. The fourth-order valence-corrected chi connectivity index (χ4v) is 3.33. The summed E-state index contributed by atoms with van der Waals surface area (Å²) in [6.07, 6.45) is 0.938. The lowest BCUT2D eigenvalue weighted by atomic mass is 10.1. The molecule has 3 N–H and O–H groups in total. The van der Waals surface area contributed by atoms with Gasteiger partial charge in [0, 0.05) is 52.2 Å². The number of amides is 3. The molecule has 2 fully saturated rings. The largest absolute Gasteiger partial charge is 0.392 e. The third-order valence-electron chi connectivity index (χ3n) is 4.79. The minimum atomic E-state index is -0.230. The van der Waals surface area contributed by atoms with Gasteiger partial charge in [-0.2, -0.15) is 0 Å². The van der Waals surface area contributed by atoms with Crippen molar-refractivity contribution >= 4 is 11.9 Å². The van der Waals surface area contributed by atoms with Crippen molar-refractivity contribution in [1.82, 2.24) is 20.4 Å². The quantitative estimate of drug-likeness (QED) is 0.731. The number of likely N-dealkylation sites (tertiary alicyclic amines) is 1. The lowest BCUT2D eigenvalue weighted by Gasteiger charge is -2.21.